The van der Waals surface area contributed by atoms with Crippen molar-refractivity contribution >= 4 is 23.1 Å². The third-order valence-corrected chi connectivity index (χ3v) is 5.00. The molecule has 0 saturated heterocycles. The van der Waals surface area contributed by atoms with Crippen molar-refractivity contribution in [3.63, 3.8) is 0 Å². The van der Waals surface area contributed by atoms with E-state index in [1.54, 1.807) is 43.0 Å². The number of nitrogens with one attached hydrogen (secondary N) is 3. The van der Waals surface area contributed by atoms with Crippen LogP contribution in [0.4, 0.5) is 11.5 Å². The molecule has 4 rings (SSSR count). The lowest BCUT2D eigenvalue weighted by atomic mass is 10.1. The molecule has 5 N–H and O–H groups in total. The number of aromatic nitrogens is 5. The van der Waals surface area contributed by atoms with Gasteiger partial charge >= 0.3 is 0 Å². The van der Waals surface area contributed by atoms with Crippen LogP contribution in [0.1, 0.15) is 10.4 Å². The average Bonchev–Trinajstić information content (AvgIpc) is 3.55. The molecular formula is C24H24N8O. The predicted molar refractivity (Wildman–Crippen MR) is 129 cm³/mol. The maximum Gasteiger partial charge on any atom is 0.251 e. The minimum absolute atomic E-state index is 0.189. The van der Waals surface area contributed by atoms with Gasteiger partial charge in [-0.2, -0.15) is 5.10 Å². The minimum atomic E-state index is -0.189. The van der Waals surface area contributed by atoms with Crippen LogP contribution in [-0.4, -0.2) is 43.6 Å². The molecule has 3 heterocycles. The molecule has 3 aromatic heterocycles. The molecule has 0 aliphatic heterocycles. The number of anilines is 2. The molecule has 9 nitrogen and oxygen atoms in total. The van der Waals surface area contributed by atoms with Crippen LogP contribution in [-0.2, 0) is 0 Å². The Morgan fingerprint density at radius 2 is 2.03 bits per heavy atom. The molecule has 0 aliphatic carbocycles. The molecular weight excluding hydrogens is 416 g/mol. The average molecular weight is 441 g/mol. The number of nitrogens with zero attached hydrogens (tertiary/aromatic N) is 4. The van der Waals surface area contributed by atoms with E-state index in [4.69, 9.17) is 5.73 Å². The van der Waals surface area contributed by atoms with Crippen LogP contribution in [0.3, 0.4) is 0 Å². The van der Waals surface area contributed by atoms with Gasteiger partial charge in [-0.1, -0.05) is 25.3 Å². The highest BCUT2D eigenvalue weighted by molar-refractivity contribution is 5.94. The SMILES string of the molecule is C=C/C(=C\C(=C)CN)CNC(=O)c1ccc(Nc2ncc(-c3cn[nH]c3)n3ccnc23)cc1. The van der Waals surface area contributed by atoms with Gasteiger partial charge in [-0.25, -0.2) is 9.97 Å². The van der Waals surface area contributed by atoms with Gasteiger partial charge in [-0.3, -0.25) is 14.3 Å². The smallest absolute Gasteiger partial charge is 0.251 e. The zero-order chi connectivity index (χ0) is 23.2. The van der Waals surface area contributed by atoms with Crippen LogP contribution < -0.4 is 16.4 Å². The van der Waals surface area contributed by atoms with Crippen LogP contribution in [0.2, 0.25) is 0 Å². The number of aromatic amines is 1. The van der Waals surface area contributed by atoms with E-state index in [0.29, 0.717) is 30.1 Å². The highest BCUT2D eigenvalue weighted by Crippen LogP contribution is 2.24. The summed E-state index contributed by atoms with van der Waals surface area (Å²) in [5, 5.41) is 12.9. The van der Waals surface area contributed by atoms with Crippen LogP contribution in [0, 0.1) is 0 Å². The van der Waals surface area contributed by atoms with Gasteiger partial charge in [-0.15, -0.1) is 0 Å². The maximum absolute atomic E-state index is 12.5. The number of amides is 1. The highest BCUT2D eigenvalue weighted by Gasteiger charge is 2.12. The molecule has 1 aromatic carbocycles. The van der Waals surface area contributed by atoms with Gasteiger partial charge in [0.2, 0.25) is 0 Å². The Hall–Kier alpha value is -4.50. The summed E-state index contributed by atoms with van der Waals surface area (Å²) in [6, 6.07) is 7.13. The number of benzene rings is 1. The normalized spacial score (nSPS) is 11.4. The quantitative estimate of drug-likeness (QED) is 0.296. The van der Waals surface area contributed by atoms with E-state index < -0.39 is 0 Å². The Labute approximate surface area is 190 Å². The lowest BCUT2D eigenvalue weighted by molar-refractivity contribution is 0.0957. The second-order valence-corrected chi connectivity index (χ2v) is 7.27. The molecule has 0 saturated carbocycles. The fourth-order valence-electron chi connectivity index (χ4n) is 3.24. The number of carbonyl (C=O) groups excluding carboxylic acids is 1. The fraction of sp³-hybridized carbons (Fsp3) is 0.0833. The molecule has 0 radical (unpaired) electrons. The van der Waals surface area contributed by atoms with E-state index in [9.17, 15) is 4.79 Å². The zero-order valence-electron chi connectivity index (χ0n) is 18.0. The number of rotatable bonds is 9. The van der Waals surface area contributed by atoms with Crippen molar-refractivity contribution in [1.82, 2.24) is 29.9 Å². The highest BCUT2D eigenvalue weighted by atomic mass is 16.1. The summed E-state index contributed by atoms with van der Waals surface area (Å²) in [4.78, 5) is 21.5. The Kier molecular flexibility index (Phi) is 6.42. The molecule has 0 fully saturated rings. The van der Waals surface area contributed by atoms with Gasteiger partial charge in [0.1, 0.15) is 0 Å². The van der Waals surface area contributed by atoms with E-state index in [1.165, 1.54) is 0 Å². The Morgan fingerprint density at radius 3 is 2.73 bits per heavy atom. The number of imidazole rings is 1. The number of H-pyrrole nitrogens is 1. The number of carbonyl (C=O) groups is 1. The molecule has 0 bridgehead atoms. The summed E-state index contributed by atoms with van der Waals surface area (Å²) in [5.74, 6) is 0.413. The summed E-state index contributed by atoms with van der Waals surface area (Å²) in [6.45, 7) is 8.29. The lowest BCUT2D eigenvalue weighted by Gasteiger charge is -2.10. The molecule has 9 heteroatoms. The van der Waals surface area contributed by atoms with Crippen LogP contribution in [0.5, 0.6) is 0 Å². The number of fused-ring (bicyclic) bond motifs is 1. The summed E-state index contributed by atoms with van der Waals surface area (Å²) in [6.07, 6.45) is 12.4. The second kappa shape index (κ2) is 9.75. The van der Waals surface area contributed by atoms with Gasteiger partial charge < -0.3 is 16.4 Å². The van der Waals surface area contributed by atoms with Crippen molar-refractivity contribution in [1.29, 1.82) is 0 Å². The first-order valence-electron chi connectivity index (χ1n) is 10.3. The van der Waals surface area contributed by atoms with Gasteiger partial charge in [0.05, 0.1) is 18.1 Å². The van der Waals surface area contributed by atoms with E-state index in [-0.39, 0.29) is 5.91 Å². The predicted octanol–water partition coefficient (Wildman–Crippen LogP) is 3.22. The van der Waals surface area contributed by atoms with Crippen LogP contribution in [0.25, 0.3) is 16.9 Å². The number of hydrogen-bond donors (Lipinski definition) is 4. The van der Waals surface area contributed by atoms with E-state index in [2.05, 4.69) is 44.0 Å². The van der Waals surface area contributed by atoms with Crippen molar-refractivity contribution in [2.75, 3.05) is 18.4 Å². The van der Waals surface area contributed by atoms with Gasteiger partial charge in [-0.05, 0) is 35.4 Å². The van der Waals surface area contributed by atoms with E-state index in [1.807, 2.05) is 28.8 Å². The summed E-state index contributed by atoms with van der Waals surface area (Å²) < 4.78 is 1.94. The van der Waals surface area contributed by atoms with Crippen LogP contribution >= 0.6 is 0 Å². The van der Waals surface area contributed by atoms with E-state index >= 15 is 0 Å². The largest absolute Gasteiger partial charge is 0.348 e. The fourth-order valence-corrected chi connectivity index (χ4v) is 3.24. The Bertz CT molecular complexity index is 1320. The third kappa shape index (κ3) is 4.89. The topological polar surface area (TPSA) is 126 Å². The first-order valence-corrected chi connectivity index (χ1v) is 10.3. The minimum Gasteiger partial charge on any atom is -0.348 e. The monoisotopic (exact) mass is 440 g/mol. The van der Waals surface area contributed by atoms with Crippen LogP contribution in [0.15, 0.2) is 91.7 Å². The number of nitrogens with two attached hydrogens (primary N) is 1. The van der Waals surface area contributed by atoms with Crippen molar-refractivity contribution in [3.8, 4) is 11.3 Å². The van der Waals surface area contributed by atoms with Gasteiger partial charge in [0.25, 0.3) is 5.91 Å². The lowest BCUT2D eigenvalue weighted by Crippen LogP contribution is -2.25. The summed E-state index contributed by atoms with van der Waals surface area (Å²) in [7, 11) is 0. The second-order valence-electron chi connectivity index (χ2n) is 7.27. The summed E-state index contributed by atoms with van der Waals surface area (Å²) >= 11 is 0. The molecule has 33 heavy (non-hydrogen) atoms. The van der Waals surface area contributed by atoms with Crippen molar-refractivity contribution in [2.24, 2.45) is 5.73 Å². The number of hydrogen-bond acceptors (Lipinski definition) is 6. The van der Waals surface area contributed by atoms with Crippen molar-refractivity contribution < 1.29 is 4.79 Å². The first-order chi connectivity index (χ1) is 16.1. The van der Waals surface area contributed by atoms with Crippen molar-refractivity contribution in [2.45, 2.75) is 0 Å². The molecule has 166 valence electrons. The van der Waals surface area contributed by atoms with Gasteiger partial charge in [0.15, 0.2) is 11.5 Å². The molecule has 0 spiro atoms. The van der Waals surface area contributed by atoms with Gasteiger partial charge in [0, 0.05) is 48.5 Å². The van der Waals surface area contributed by atoms with E-state index in [0.717, 1.165) is 28.1 Å². The molecule has 4 aromatic rings. The zero-order valence-corrected chi connectivity index (χ0v) is 18.0. The summed E-state index contributed by atoms with van der Waals surface area (Å²) in [5.41, 5.74) is 11.0. The molecule has 0 unspecified atom stereocenters. The Morgan fingerprint density at radius 1 is 1.21 bits per heavy atom. The standard InChI is InChI=1S/C24H24N8O/c1-3-17(10-16(2)11-25)12-28-24(33)18-4-6-20(7-5-18)31-22-23-26-8-9-32(23)21(15-27-22)19-13-29-30-14-19/h3-10,13-15H,1-2,11-12,25H2,(H,27,31)(H,28,33)(H,29,30)/b17-10+. The molecule has 1 amide bonds. The Balaban J connectivity index is 1.45. The van der Waals surface area contributed by atoms with Crippen molar-refractivity contribution in [3.05, 3.63) is 97.3 Å². The maximum atomic E-state index is 12.5. The first kappa shape index (κ1) is 21.7. The molecule has 0 atom stereocenters. The third-order valence-electron chi connectivity index (χ3n) is 5.00. The molecule has 0 aliphatic rings.